The lowest BCUT2D eigenvalue weighted by molar-refractivity contribution is -0.113. The number of benzene rings is 3. The molecule has 1 amide bonds. The number of carbonyl (C=O) groups excluding carboxylic acids is 1. The number of ether oxygens (including phenoxy) is 2. The third kappa shape index (κ3) is 4.64. The van der Waals surface area contributed by atoms with Crippen molar-refractivity contribution >= 4 is 29.0 Å². The number of nitrogens with zero attached hydrogens (tertiary/aromatic N) is 2. The molecule has 0 saturated heterocycles. The summed E-state index contributed by atoms with van der Waals surface area (Å²) in [5, 5.41) is 2.90. The molecule has 4 aromatic rings. The van der Waals surface area contributed by atoms with Crippen LogP contribution in [0, 0.1) is 5.82 Å². The molecule has 1 aliphatic heterocycles. The minimum absolute atomic E-state index is 0.304. The van der Waals surface area contributed by atoms with Crippen molar-refractivity contribution in [2.75, 3.05) is 19.5 Å². The van der Waals surface area contributed by atoms with Crippen LogP contribution in [0.3, 0.4) is 0 Å². The van der Waals surface area contributed by atoms with Gasteiger partial charge >= 0.3 is 0 Å². The van der Waals surface area contributed by atoms with Crippen LogP contribution in [-0.4, -0.2) is 24.7 Å². The van der Waals surface area contributed by atoms with Crippen LogP contribution in [0.25, 0.3) is 6.08 Å². The molecule has 0 radical (unpaired) electrons. The molecule has 38 heavy (non-hydrogen) atoms. The number of fused-ring (bicyclic) bond motifs is 1. The summed E-state index contributed by atoms with van der Waals surface area (Å²) >= 11 is 1.20. The predicted octanol–water partition coefficient (Wildman–Crippen LogP) is 4.03. The number of allylic oxidation sites excluding steroid dienone is 1. The van der Waals surface area contributed by atoms with Gasteiger partial charge in [-0.2, -0.15) is 0 Å². The van der Waals surface area contributed by atoms with Gasteiger partial charge in [0.25, 0.3) is 11.5 Å². The molecule has 2 heterocycles. The fourth-order valence-electron chi connectivity index (χ4n) is 4.46. The van der Waals surface area contributed by atoms with Crippen LogP contribution in [-0.2, 0) is 4.79 Å². The first-order valence-corrected chi connectivity index (χ1v) is 12.6. The molecule has 7 nitrogen and oxygen atoms in total. The van der Waals surface area contributed by atoms with E-state index in [0.717, 1.165) is 0 Å². The van der Waals surface area contributed by atoms with Crippen molar-refractivity contribution in [3.8, 4) is 11.5 Å². The fourth-order valence-corrected chi connectivity index (χ4v) is 5.50. The van der Waals surface area contributed by atoms with Gasteiger partial charge in [-0.25, -0.2) is 9.38 Å². The molecule has 192 valence electrons. The minimum atomic E-state index is -0.801. The van der Waals surface area contributed by atoms with E-state index in [-0.39, 0.29) is 5.56 Å². The van der Waals surface area contributed by atoms with Gasteiger partial charge in [-0.05, 0) is 48.9 Å². The lowest BCUT2D eigenvalue weighted by Gasteiger charge is -2.25. The SMILES string of the molecule is COc1cccc(/C=c2\sc3n(c2=O)[C@H](c2ccc(F)cc2)C(C(=O)Nc2ccccc2)=C(C)N=3)c1OC. The quantitative estimate of drug-likeness (QED) is 0.409. The molecule has 5 rings (SSSR count). The Morgan fingerprint density at radius 1 is 1.03 bits per heavy atom. The van der Waals surface area contributed by atoms with Gasteiger partial charge in [-0.1, -0.05) is 53.8 Å². The largest absolute Gasteiger partial charge is 0.493 e. The molecule has 1 atom stereocenters. The van der Waals surface area contributed by atoms with E-state index >= 15 is 0 Å². The van der Waals surface area contributed by atoms with E-state index < -0.39 is 17.8 Å². The van der Waals surface area contributed by atoms with Crippen LogP contribution in [0.4, 0.5) is 10.1 Å². The third-order valence-corrected chi connectivity index (χ3v) is 7.19. The van der Waals surface area contributed by atoms with Gasteiger partial charge in [0.05, 0.1) is 36.1 Å². The van der Waals surface area contributed by atoms with Crippen LogP contribution < -0.4 is 29.7 Å². The fraction of sp³-hybridized carbons (Fsp3) is 0.138. The van der Waals surface area contributed by atoms with Gasteiger partial charge < -0.3 is 14.8 Å². The molecule has 0 saturated carbocycles. The smallest absolute Gasteiger partial charge is 0.271 e. The van der Waals surface area contributed by atoms with Gasteiger partial charge in [0.1, 0.15) is 5.82 Å². The molecule has 1 aromatic heterocycles. The summed E-state index contributed by atoms with van der Waals surface area (Å²) in [6.07, 6.45) is 1.72. The molecule has 1 aliphatic rings. The molecule has 0 spiro atoms. The zero-order valence-electron chi connectivity index (χ0n) is 20.9. The number of carbonyl (C=O) groups is 1. The number of hydrogen-bond donors (Lipinski definition) is 1. The van der Waals surface area contributed by atoms with Crippen molar-refractivity contribution in [3.05, 3.63) is 121 Å². The normalized spacial score (nSPS) is 15.1. The van der Waals surface area contributed by atoms with Crippen LogP contribution in [0.2, 0.25) is 0 Å². The highest BCUT2D eigenvalue weighted by Gasteiger charge is 2.32. The van der Waals surface area contributed by atoms with E-state index in [1.54, 1.807) is 50.4 Å². The van der Waals surface area contributed by atoms with Crippen molar-refractivity contribution < 1.29 is 18.7 Å². The van der Waals surface area contributed by atoms with E-state index in [0.29, 0.717) is 48.9 Å². The van der Waals surface area contributed by atoms with Crippen molar-refractivity contribution in [2.24, 2.45) is 4.99 Å². The zero-order chi connectivity index (χ0) is 26.8. The maximum Gasteiger partial charge on any atom is 0.271 e. The minimum Gasteiger partial charge on any atom is -0.493 e. The number of hydrogen-bond acceptors (Lipinski definition) is 6. The Labute approximate surface area is 221 Å². The molecule has 3 aromatic carbocycles. The first-order valence-electron chi connectivity index (χ1n) is 11.8. The summed E-state index contributed by atoms with van der Waals surface area (Å²) in [6, 6.07) is 19.4. The Morgan fingerprint density at radius 2 is 1.76 bits per heavy atom. The van der Waals surface area contributed by atoms with Gasteiger partial charge in [0.15, 0.2) is 16.3 Å². The standard InChI is InChI=1S/C29H24FN3O4S/c1-17-24(27(34)32-21-9-5-4-6-10-21)25(18-12-14-20(30)15-13-18)33-28(35)23(38-29(33)31-17)16-19-8-7-11-22(36-2)26(19)37-3/h4-16,25H,1-3H3,(H,32,34)/b23-16-/t25-/m1/s1. The summed E-state index contributed by atoms with van der Waals surface area (Å²) in [4.78, 5) is 32.5. The van der Waals surface area contributed by atoms with Gasteiger partial charge in [0, 0.05) is 11.3 Å². The highest BCUT2D eigenvalue weighted by atomic mass is 32.1. The second-order valence-electron chi connectivity index (χ2n) is 8.54. The molecule has 0 fully saturated rings. The molecule has 1 N–H and O–H groups in total. The Hall–Kier alpha value is -4.50. The number of para-hydroxylation sites is 2. The topological polar surface area (TPSA) is 81.9 Å². The number of anilines is 1. The van der Waals surface area contributed by atoms with E-state index in [1.807, 2.05) is 30.3 Å². The monoisotopic (exact) mass is 529 g/mol. The second-order valence-corrected chi connectivity index (χ2v) is 9.55. The number of halogens is 1. The lowest BCUT2D eigenvalue weighted by atomic mass is 9.95. The first kappa shape index (κ1) is 25.2. The summed E-state index contributed by atoms with van der Waals surface area (Å²) in [7, 11) is 3.08. The van der Waals surface area contributed by atoms with E-state index in [9.17, 15) is 14.0 Å². The molecule has 9 heteroatoms. The van der Waals surface area contributed by atoms with Gasteiger partial charge in [0.2, 0.25) is 0 Å². The maximum atomic E-state index is 13.8. The van der Waals surface area contributed by atoms with Gasteiger partial charge in [-0.3, -0.25) is 14.2 Å². The van der Waals surface area contributed by atoms with Crippen molar-refractivity contribution in [1.29, 1.82) is 0 Å². The zero-order valence-corrected chi connectivity index (χ0v) is 21.7. The summed E-state index contributed by atoms with van der Waals surface area (Å²) < 4.78 is 26.6. The highest BCUT2D eigenvalue weighted by Crippen LogP contribution is 2.32. The molecular formula is C29H24FN3O4S. The van der Waals surface area contributed by atoms with E-state index in [2.05, 4.69) is 10.3 Å². The Kier molecular flexibility index (Phi) is 6.93. The molecule has 0 bridgehead atoms. The van der Waals surface area contributed by atoms with Crippen molar-refractivity contribution in [1.82, 2.24) is 4.57 Å². The highest BCUT2D eigenvalue weighted by molar-refractivity contribution is 7.07. The first-order chi connectivity index (χ1) is 18.4. The average molecular weight is 530 g/mol. The Morgan fingerprint density at radius 3 is 2.45 bits per heavy atom. The summed E-state index contributed by atoms with van der Waals surface area (Å²) in [6.45, 7) is 1.73. The third-order valence-electron chi connectivity index (χ3n) is 6.20. The number of thiazole rings is 1. The van der Waals surface area contributed by atoms with Crippen LogP contribution >= 0.6 is 11.3 Å². The van der Waals surface area contributed by atoms with Crippen LogP contribution in [0.1, 0.15) is 24.1 Å². The van der Waals surface area contributed by atoms with E-state index in [4.69, 9.17) is 9.47 Å². The van der Waals surface area contributed by atoms with Crippen molar-refractivity contribution in [2.45, 2.75) is 13.0 Å². The van der Waals surface area contributed by atoms with E-state index in [1.165, 1.54) is 35.1 Å². The second kappa shape index (κ2) is 10.5. The molecular weight excluding hydrogens is 505 g/mol. The number of nitrogens with one attached hydrogen (secondary N) is 1. The van der Waals surface area contributed by atoms with Crippen molar-refractivity contribution in [3.63, 3.8) is 0 Å². The molecule has 0 aliphatic carbocycles. The molecule has 0 unspecified atom stereocenters. The van der Waals surface area contributed by atoms with Crippen LogP contribution in [0.15, 0.2) is 93.9 Å². The van der Waals surface area contributed by atoms with Gasteiger partial charge in [-0.15, -0.1) is 0 Å². The number of aromatic nitrogens is 1. The summed E-state index contributed by atoms with van der Waals surface area (Å²) in [5.74, 6) is 0.224. The summed E-state index contributed by atoms with van der Waals surface area (Å²) in [5.41, 5.74) is 2.31. The Bertz CT molecular complexity index is 1720. The number of rotatable bonds is 6. The number of amides is 1. The Balaban J connectivity index is 1.69. The number of methoxy groups -OCH3 is 2. The average Bonchev–Trinajstić information content (AvgIpc) is 3.22. The predicted molar refractivity (Wildman–Crippen MR) is 145 cm³/mol. The maximum absolute atomic E-state index is 13.8. The van der Waals surface area contributed by atoms with Crippen LogP contribution in [0.5, 0.6) is 11.5 Å². The lowest BCUT2D eigenvalue weighted by Crippen LogP contribution is -2.40.